The van der Waals surface area contributed by atoms with Crippen LogP contribution in [0.25, 0.3) is 0 Å². The zero-order chi connectivity index (χ0) is 12.4. The summed E-state index contributed by atoms with van der Waals surface area (Å²) < 4.78 is 0.816. The minimum absolute atomic E-state index is 0.0112. The summed E-state index contributed by atoms with van der Waals surface area (Å²) in [6, 6.07) is 5.73. The van der Waals surface area contributed by atoms with Crippen LogP contribution < -0.4 is 0 Å². The molecule has 1 atom stereocenters. The van der Waals surface area contributed by atoms with E-state index in [1.165, 1.54) is 0 Å². The average molecular weight is 298 g/mol. The van der Waals surface area contributed by atoms with Crippen LogP contribution in [0.4, 0.5) is 0 Å². The number of carbonyl (C=O) groups is 1. The summed E-state index contributed by atoms with van der Waals surface area (Å²) >= 11 is 3.41. The minimum atomic E-state index is -0.0186. The molecule has 3 nitrogen and oxygen atoms in total. The standard InChI is InChI=1S/C13H16BrNO2/c1-9-4-5-12(14)11(7-9)13(17)15-6-2-3-10(15)8-16/h4-5,7,10,16H,2-3,6,8H2,1H3/t10-/m0/s1. The van der Waals surface area contributed by atoms with Crippen LogP contribution in [0.5, 0.6) is 0 Å². The van der Waals surface area contributed by atoms with Gasteiger partial charge < -0.3 is 10.0 Å². The minimum Gasteiger partial charge on any atom is -0.394 e. The fourth-order valence-electron chi connectivity index (χ4n) is 2.25. The lowest BCUT2D eigenvalue weighted by atomic mass is 10.1. The molecule has 0 spiro atoms. The maximum atomic E-state index is 12.4. The Morgan fingerprint density at radius 1 is 1.59 bits per heavy atom. The molecule has 0 bridgehead atoms. The highest BCUT2D eigenvalue weighted by molar-refractivity contribution is 9.10. The van der Waals surface area contributed by atoms with Crippen molar-refractivity contribution in [1.29, 1.82) is 0 Å². The van der Waals surface area contributed by atoms with Crippen LogP contribution in [0.3, 0.4) is 0 Å². The maximum absolute atomic E-state index is 12.4. The molecule has 17 heavy (non-hydrogen) atoms. The number of halogens is 1. The van der Waals surface area contributed by atoms with Gasteiger partial charge in [-0.2, -0.15) is 0 Å². The molecular formula is C13H16BrNO2. The molecule has 0 aromatic heterocycles. The van der Waals surface area contributed by atoms with Gasteiger partial charge in [0.2, 0.25) is 0 Å². The van der Waals surface area contributed by atoms with Gasteiger partial charge in [-0.05, 0) is 47.8 Å². The fourth-order valence-corrected chi connectivity index (χ4v) is 2.67. The number of aliphatic hydroxyl groups is 1. The van der Waals surface area contributed by atoms with E-state index < -0.39 is 0 Å². The summed E-state index contributed by atoms with van der Waals surface area (Å²) in [5.41, 5.74) is 1.75. The Bertz CT molecular complexity index is 433. The van der Waals surface area contributed by atoms with Crippen molar-refractivity contribution in [2.75, 3.05) is 13.2 Å². The number of hydrogen-bond acceptors (Lipinski definition) is 2. The van der Waals surface area contributed by atoms with Crippen LogP contribution >= 0.6 is 15.9 Å². The molecule has 1 aliphatic heterocycles. The van der Waals surface area contributed by atoms with E-state index in [2.05, 4.69) is 15.9 Å². The van der Waals surface area contributed by atoms with E-state index in [0.717, 1.165) is 29.4 Å². The Balaban J connectivity index is 2.27. The number of hydrogen-bond donors (Lipinski definition) is 1. The molecule has 0 aliphatic carbocycles. The highest BCUT2D eigenvalue weighted by Crippen LogP contribution is 2.24. The third-order valence-electron chi connectivity index (χ3n) is 3.20. The maximum Gasteiger partial charge on any atom is 0.255 e. The highest BCUT2D eigenvalue weighted by atomic mass is 79.9. The van der Waals surface area contributed by atoms with Gasteiger partial charge >= 0.3 is 0 Å². The lowest BCUT2D eigenvalue weighted by molar-refractivity contribution is 0.0676. The Kier molecular flexibility index (Phi) is 3.84. The number of aryl methyl sites for hydroxylation is 1. The van der Waals surface area contributed by atoms with E-state index in [-0.39, 0.29) is 18.6 Å². The molecule has 1 fully saturated rings. The highest BCUT2D eigenvalue weighted by Gasteiger charge is 2.29. The molecule has 1 N–H and O–H groups in total. The third-order valence-corrected chi connectivity index (χ3v) is 3.89. The number of benzene rings is 1. The Labute approximate surface area is 110 Å². The first-order valence-electron chi connectivity index (χ1n) is 5.81. The summed E-state index contributed by atoms with van der Waals surface area (Å²) in [4.78, 5) is 14.2. The van der Waals surface area contributed by atoms with Crippen LogP contribution in [-0.4, -0.2) is 35.1 Å². The van der Waals surface area contributed by atoms with Gasteiger partial charge in [0.05, 0.1) is 18.2 Å². The van der Waals surface area contributed by atoms with E-state index in [1.807, 2.05) is 25.1 Å². The first-order valence-corrected chi connectivity index (χ1v) is 6.60. The predicted molar refractivity (Wildman–Crippen MR) is 70.0 cm³/mol. The zero-order valence-electron chi connectivity index (χ0n) is 9.82. The molecule has 1 aliphatic rings. The summed E-state index contributed by atoms with van der Waals surface area (Å²) in [6.07, 6.45) is 1.87. The molecule has 0 radical (unpaired) electrons. The van der Waals surface area contributed by atoms with Gasteiger partial charge in [0.25, 0.3) is 5.91 Å². The van der Waals surface area contributed by atoms with E-state index in [9.17, 15) is 9.90 Å². The second-order valence-electron chi connectivity index (χ2n) is 4.46. The number of aliphatic hydroxyl groups excluding tert-OH is 1. The lowest BCUT2D eigenvalue weighted by Crippen LogP contribution is -2.37. The molecule has 1 saturated heterocycles. The van der Waals surface area contributed by atoms with Crippen LogP contribution in [0.2, 0.25) is 0 Å². The summed E-state index contributed by atoms with van der Waals surface area (Å²) in [5, 5.41) is 9.25. The molecule has 4 heteroatoms. The third kappa shape index (κ3) is 2.53. The molecule has 1 aromatic rings. The van der Waals surface area contributed by atoms with Crippen LogP contribution in [-0.2, 0) is 0 Å². The summed E-state index contributed by atoms with van der Waals surface area (Å²) in [5.74, 6) is 0.0112. The SMILES string of the molecule is Cc1ccc(Br)c(C(=O)N2CCC[C@H]2CO)c1. The van der Waals surface area contributed by atoms with Crippen molar-refractivity contribution in [3.63, 3.8) is 0 Å². The topological polar surface area (TPSA) is 40.5 Å². The molecular weight excluding hydrogens is 282 g/mol. The monoisotopic (exact) mass is 297 g/mol. The number of nitrogens with zero attached hydrogens (tertiary/aromatic N) is 1. The van der Waals surface area contributed by atoms with Crippen molar-refractivity contribution >= 4 is 21.8 Å². The summed E-state index contributed by atoms with van der Waals surface area (Å²) in [7, 11) is 0. The second kappa shape index (κ2) is 5.19. The first-order chi connectivity index (χ1) is 8.13. The lowest BCUT2D eigenvalue weighted by Gasteiger charge is -2.23. The molecule has 1 aromatic carbocycles. The Hall–Kier alpha value is -0.870. The van der Waals surface area contributed by atoms with E-state index in [0.29, 0.717) is 5.56 Å². The normalized spacial score (nSPS) is 19.7. The van der Waals surface area contributed by atoms with Crippen LogP contribution in [0.15, 0.2) is 22.7 Å². The quantitative estimate of drug-likeness (QED) is 0.910. The van der Waals surface area contributed by atoms with E-state index in [4.69, 9.17) is 0 Å². The van der Waals surface area contributed by atoms with E-state index >= 15 is 0 Å². The number of likely N-dealkylation sites (tertiary alicyclic amines) is 1. The van der Waals surface area contributed by atoms with Gasteiger partial charge in [-0.1, -0.05) is 11.6 Å². The second-order valence-corrected chi connectivity index (χ2v) is 5.31. The van der Waals surface area contributed by atoms with Crippen molar-refractivity contribution in [1.82, 2.24) is 4.90 Å². The van der Waals surface area contributed by atoms with Gasteiger partial charge in [0, 0.05) is 11.0 Å². The number of rotatable bonds is 2. The van der Waals surface area contributed by atoms with E-state index in [1.54, 1.807) is 4.90 Å². The Morgan fingerprint density at radius 3 is 3.06 bits per heavy atom. The smallest absolute Gasteiger partial charge is 0.255 e. The van der Waals surface area contributed by atoms with Crippen molar-refractivity contribution < 1.29 is 9.90 Å². The van der Waals surface area contributed by atoms with Crippen molar-refractivity contribution in [2.24, 2.45) is 0 Å². The van der Waals surface area contributed by atoms with Crippen molar-refractivity contribution in [2.45, 2.75) is 25.8 Å². The largest absolute Gasteiger partial charge is 0.394 e. The van der Waals surface area contributed by atoms with Crippen LogP contribution in [0.1, 0.15) is 28.8 Å². The van der Waals surface area contributed by atoms with Crippen molar-refractivity contribution in [3.05, 3.63) is 33.8 Å². The fraction of sp³-hybridized carbons (Fsp3) is 0.462. The molecule has 1 amide bonds. The first kappa shape index (κ1) is 12.6. The predicted octanol–water partition coefficient (Wildman–Crippen LogP) is 2.35. The van der Waals surface area contributed by atoms with Crippen LogP contribution in [0, 0.1) is 6.92 Å². The van der Waals surface area contributed by atoms with Gasteiger partial charge in [-0.15, -0.1) is 0 Å². The number of carbonyl (C=O) groups excluding carboxylic acids is 1. The molecule has 92 valence electrons. The molecule has 0 unspecified atom stereocenters. The molecule has 2 rings (SSSR count). The van der Waals surface area contributed by atoms with Crippen molar-refractivity contribution in [3.8, 4) is 0 Å². The average Bonchev–Trinajstić information content (AvgIpc) is 2.79. The summed E-state index contributed by atoms with van der Waals surface area (Å²) in [6.45, 7) is 2.76. The van der Waals surface area contributed by atoms with Gasteiger partial charge in [-0.3, -0.25) is 4.79 Å². The molecule has 0 saturated carbocycles. The molecule has 1 heterocycles. The van der Waals surface area contributed by atoms with Gasteiger partial charge in [0.15, 0.2) is 0 Å². The van der Waals surface area contributed by atoms with Gasteiger partial charge in [0.1, 0.15) is 0 Å². The van der Waals surface area contributed by atoms with Gasteiger partial charge in [-0.25, -0.2) is 0 Å². The zero-order valence-corrected chi connectivity index (χ0v) is 11.4. The number of amides is 1. The Morgan fingerprint density at radius 2 is 2.35 bits per heavy atom.